The van der Waals surface area contributed by atoms with Crippen LogP contribution in [0.15, 0.2) is 23.4 Å². The van der Waals surface area contributed by atoms with Gasteiger partial charge in [0.15, 0.2) is 5.16 Å². The van der Waals surface area contributed by atoms with Crippen LogP contribution in [-0.2, 0) is 0 Å². The van der Waals surface area contributed by atoms with Crippen molar-refractivity contribution in [3.63, 3.8) is 0 Å². The van der Waals surface area contributed by atoms with Gasteiger partial charge < -0.3 is 4.98 Å². The van der Waals surface area contributed by atoms with Crippen molar-refractivity contribution >= 4 is 34.4 Å². The molecule has 74 valence electrons. The minimum Gasteiger partial charge on any atom is -0.333 e. The predicted octanol–water partition coefficient (Wildman–Crippen LogP) is 3.72. The highest BCUT2D eigenvalue weighted by molar-refractivity contribution is 7.99. The van der Waals surface area contributed by atoms with Crippen LogP contribution in [0.25, 0.3) is 11.0 Å². The van der Waals surface area contributed by atoms with Gasteiger partial charge >= 0.3 is 0 Å². The first-order chi connectivity index (χ1) is 6.65. The summed E-state index contributed by atoms with van der Waals surface area (Å²) in [5.41, 5.74) is 1.97. The summed E-state index contributed by atoms with van der Waals surface area (Å²) < 4.78 is 0. The van der Waals surface area contributed by atoms with Crippen LogP contribution in [0.1, 0.15) is 13.8 Å². The molecule has 1 heterocycles. The first kappa shape index (κ1) is 9.87. The molecule has 0 aliphatic rings. The maximum Gasteiger partial charge on any atom is 0.166 e. The number of aromatic nitrogens is 2. The van der Waals surface area contributed by atoms with Gasteiger partial charge in [0.05, 0.1) is 11.0 Å². The van der Waals surface area contributed by atoms with Crippen LogP contribution >= 0.6 is 23.4 Å². The Labute approximate surface area is 92.1 Å². The molecule has 0 spiro atoms. The van der Waals surface area contributed by atoms with Crippen LogP contribution < -0.4 is 0 Å². The highest BCUT2D eigenvalue weighted by Gasteiger charge is 2.05. The van der Waals surface area contributed by atoms with Crippen molar-refractivity contribution in [3.05, 3.63) is 23.2 Å². The third-order valence-electron chi connectivity index (χ3n) is 1.77. The third kappa shape index (κ3) is 2.04. The smallest absolute Gasteiger partial charge is 0.166 e. The van der Waals surface area contributed by atoms with E-state index in [1.165, 1.54) is 0 Å². The normalized spacial score (nSPS) is 11.4. The molecule has 0 radical (unpaired) electrons. The maximum absolute atomic E-state index is 5.88. The number of H-pyrrole nitrogens is 1. The van der Waals surface area contributed by atoms with Gasteiger partial charge in [0, 0.05) is 10.3 Å². The Hall–Kier alpha value is -0.670. The summed E-state index contributed by atoms with van der Waals surface area (Å²) in [4.78, 5) is 7.68. The molecule has 0 unspecified atom stereocenters. The van der Waals surface area contributed by atoms with Crippen molar-refractivity contribution in [2.45, 2.75) is 24.3 Å². The van der Waals surface area contributed by atoms with Gasteiger partial charge in [-0.1, -0.05) is 37.2 Å². The number of nitrogens with zero attached hydrogens (tertiary/aromatic N) is 1. The molecular formula is C10H11ClN2S. The van der Waals surface area contributed by atoms with Gasteiger partial charge in [0.25, 0.3) is 0 Å². The molecule has 1 aromatic carbocycles. The number of aromatic amines is 1. The van der Waals surface area contributed by atoms with Crippen molar-refractivity contribution in [2.24, 2.45) is 0 Å². The molecule has 2 rings (SSSR count). The van der Waals surface area contributed by atoms with Gasteiger partial charge in [-0.2, -0.15) is 0 Å². The lowest BCUT2D eigenvalue weighted by molar-refractivity contribution is 1.04. The number of halogens is 1. The molecule has 0 amide bonds. The molecule has 0 saturated carbocycles. The number of hydrogen-bond donors (Lipinski definition) is 1. The second-order valence-corrected chi connectivity index (χ2v) is 5.37. The van der Waals surface area contributed by atoms with Crippen LogP contribution in [0.5, 0.6) is 0 Å². The number of nitrogens with one attached hydrogen (secondary N) is 1. The zero-order valence-electron chi connectivity index (χ0n) is 8.04. The zero-order chi connectivity index (χ0) is 10.1. The van der Waals surface area contributed by atoms with Gasteiger partial charge in [-0.15, -0.1) is 0 Å². The molecule has 0 aliphatic heterocycles. The minimum absolute atomic E-state index is 0.533. The Morgan fingerprint density at radius 1 is 1.43 bits per heavy atom. The molecule has 1 N–H and O–H groups in total. The van der Waals surface area contributed by atoms with E-state index < -0.39 is 0 Å². The number of benzene rings is 1. The lowest BCUT2D eigenvalue weighted by atomic mass is 10.3. The topological polar surface area (TPSA) is 28.7 Å². The standard InChI is InChI=1S/C10H11ClN2S/c1-6(2)14-10-12-8-4-3-7(11)5-9(8)13-10/h3-6H,1-2H3,(H,12,13). The summed E-state index contributed by atoms with van der Waals surface area (Å²) in [5, 5.41) is 2.23. The van der Waals surface area contributed by atoms with Crippen LogP contribution in [0.2, 0.25) is 5.02 Å². The molecule has 0 saturated heterocycles. The number of imidazole rings is 1. The van der Waals surface area contributed by atoms with E-state index in [0.29, 0.717) is 5.25 Å². The zero-order valence-corrected chi connectivity index (χ0v) is 9.62. The van der Waals surface area contributed by atoms with Crippen LogP contribution in [0.3, 0.4) is 0 Å². The monoisotopic (exact) mass is 226 g/mol. The lowest BCUT2D eigenvalue weighted by Crippen LogP contribution is -1.86. The summed E-state index contributed by atoms with van der Waals surface area (Å²) in [5.74, 6) is 0. The first-order valence-electron chi connectivity index (χ1n) is 4.47. The average Bonchev–Trinajstić information content (AvgIpc) is 2.44. The highest BCUT2D eigenvalue weighted by atomic mass is 35.5. The SMILES string of the molecule is CC(C)Sc1nc2ccc(Cl)cc2[nH]1. The fraction of sp³-hybridized carbons (Fsp3) is 0.300. The van der Waals surface area contributed by atoms with Crippen molar-refractivity contribution in [2.75, 3.05) is 0 Å². The van der Waals surface area contributed by atoms with Crippen molar-refractivity contribution in [1.82, 2.24) is 9.97 Å². The summed E-state index contributed by atoms with van der Waals surface area (Å²) in [6.07, 6.45) is 0. The summed E-state index contributed by atoms with van der Waals surface area (Å²) in [6.45, 7) is 4.29. The molecule has 1 aromatic heterocycles. The second kappa shape index (κ2) is 3.83. The maximum atomic E-state index is 5.88. The molecule has 0 fully saturated rings. The van der Waals surface area contributed by atoms with E-state index in [4.69, 9.17) is 11.6 Å². The summed E-state index contributed by atoms with van der Waals surface area (Å²) >= 11 is 7.60. The molecule has 0 bridgehead atoms. The van der Waals surface area contributed by atoms with E-state index in [9.17, 15) is 0 Å². The molecule has 4 heteroatoms. The molecule has 14 heavy (non-hydrogen) atoms. The van der Waals surface area contributed by atoms with E-state index in [0.717, 1.165) is 21.2 Å². The fourth-order valence-electron chi connectivity index (χ4n) is 1.24. The number of fused-ring (bicyclic) bond motifs is 1. The van der Waals surface area contributed by atoms with Crippen LogP contribution in [0, 0.1) is 0 Å². The van der Waals surface area contributed by atoms with Crippen molar-refractivity contribution in [1.29, 1.82) is 0 Å². The Morgan fingerprint density at radius 2 is 2.21 bits per heavy atom. The first-order valence-corrected chi connectivity index (χ1v) is 5.73. The number of thioether (sulfide) groups is 1. The predicted molar refractivity (Wildman–Crippen MR) is 62.1 cm³/mol. The summed E-state index contributed by atoms with van der Waals surface area (Å²) in [7, 11) is 0. The number of hydrogen-bond acceptors (Lipinski definition) is 2. The average molecular weight is 227 g/mol. The summed E-state index contributed by atoms with van der Waals surface area (Å²) in [6, 6.07) is 5.68. The Bertz CT molecular complexity index is 450. The highest BCUT2D eigenvalue weighted by Crippen LogP contribution is 2.24. The van der Waals surface area contributed by atoms with E-state index in [2.05, 4.69) is 23.8 Å². The van der Waals surface area contributed by atoms with Gasteiger partial charge in [-0.3, -0.25) is 0 Å². The molecular weight excluding hydrogens is 216 g/mol. The largest absolute Gasteiger partial charge is 0.333 e. The van der Waals surface area contributed by atoms with Crippen LogP contribution in [0.4, 0.5) is 0 Å². The Kier molecular flexibility index (Phi) is 2.70. The molecule has 0 aliphatic carbocycles. The van der Waals surface area contributed by atoms with Gasteiger partial charge in [0.2, 0.25) is 0 Å². The Morgan fingerprint density at radius 3 is 2.93 bits per heavy atom. The molecule has 0 atom stereocenters. The van der Waals surface area contributed by atoms with E-state index >= 15 is 0 Å². The van der Waals surface area contributed by atoms with E-state index in [1.807, 2.05) is 18.2 Å². The lowest BCUT2D eigenvalue weighted by Gasteiger charge is -1.97. The minimum atomic E-state index is 0.533. The number of rotatable bonds is 2. The van der Waals surface area contributed by atoms with Gasteiger partial charge in [-0.25, -0.2) is 4.98 Å². The molecule has 2 aromatic rings. The molecule has 2 nitrogen and oxygen atoms in total. The van der Waals surface area contributed by atoms with Gasteiger partial charge in [-0.05, 0) is 18.2 Å². The van der Waals surface area contributed by atoms with Crippen molar-refractivity contribution < 1.29 is 0 Å². The van der Waals surface area contributed by atoms with Crippen molar-refractivity contribution in [3.8, 4) is 0 Å². The quantitative estimate of drug-likeness (QED) is 0.791. The Balaban J connectivity index is 2.41. The van der Waals surface area contributed by atoms with Gasteiger partial charge in [0.1, 0.15) is 0 Å². The van der Waals surface area contributed by atoms with Crippen LogP contribution in [-0.4, -0.2) is 15.2 Å². The van der Waals surface area contributed by atoms with E-state index in [-0.39, 0.29) is 0 Å². The second-order valence-electron chi connectivity index (χ2n) is 3.37. The third-order valence-corrected chi connectivity index (χ3v) is 2.89. The van der Waals surface area contributed by atoms with E-state index in [1.54, 1.807) is 11.8 Å². The fourth-order valence-corrected chi connectivity index (χ4v) is 2.18.